The number of nitrogens with zero attached hydrogens (tertiary/aromatic N) is 2. The van der Waals surface area contributed by atoms with Crippen LogP contribution in [-0.2, 0) is 0 Å². The Morgan fingerprint density at radius 1 is 1.38 bits per heavy atom. The van der Waals surface area contributed by atoms with E-state index in [2.05, 4.69) is 21.0 Å². The first-order valence-corrected chi connectivity index (χ1v) is 6.66. The third kappa shape index (κ3) is 2.48. The highest BCUT2D eigenvalue weighted by molar-refractivity contribution is 14.1. The van der Waals surface area contributed by atoms with Gasteiger partial charge in [0.2, 0.25) is 0 Å². The first-order valence-electron chi connectivity index (χ1n) is 3.97. The van der Waals surface area contributed by atoms with Gasteiger partial charge in [-0.1, -0.05) is 6.07 Å². The molecule has 2 aromatic rings. The van der Waals surface area contributed by atoms with E-state index in [1.807, 2.05) is 0 Å². The molecule has 0 bridgehead atoms. The SMILES string of the molecule is FC(F)(F)Sc1c(I)nn2c(Br)cccc12. The van der Waals surface area contributed by atoms with Crippen molar-refractivity contribution in [2.45, 2.75) is 10.4 Å². The summed E-state index contributed by atoms with van der Waals surface area (Å²) in [6.45, 7) is 0. The van der Waals surface area contributed by atoms with Crippen molar-refractivity contribution in [3.8, 4) is 0 Å². The van der Waals surface area contributed by atoms with E-state index in [0.29, 0.717) is 13.8 Å². The van der Waals surface area contributed by atoms with Gasteiger partial charge in [-0.25, -0.2) is 4.52 Å². The molecule has 2 rings (SSSR count). The molecular weight excluding hydrogens is 420 g/mol. The van der Waals surface area contributed by atoms with Crippen molar-refractivity contribution < 1.29 is 13.2 Å². The molecule has 2 aromatic heterocycles. The topological polar surface area (TPSA) is 17.3 Å². The Morgan fingerprint density at radius 3 is 2.69 bits per heavy atom. The summed E-state index contributed by atoms with van der Waals surface area (Å²) >= 11 is 4.89. The number of alkyl halides is 3. The Labute approximate surface area is 115 Å². The minimum atomic E-state index is -4.30. The van der Waals surface area contributed by atoms with Crippen LogP contribution in [-0.4, -0.2) is 15.1 Å². The molecule has 0 radical (unpaired) electrons. The molecule has 0 fully saturated rings. The molecule has 16 heavy (non-hydrogen) atoms. The normalized spacial score (nSPS) is 12.3. The van der Waals surface area contributed by atoms with Crippen LogP contribution >= 0.6 is 50.3 Å². The second-order valence-electron chi connectivity index (χ2n) is 2.81. The molecule has 0 aliphatic heterocycles. The van der Waals surface area contributed by atoms with Gasteiger partial charge in [-0.3, -0.25) is 0 Å². The van der Waals surface area contributed by atoms with E-state index in [9.17, 15) is 13.2 Å². The number of halogens is 5. The van der Waals surface area contributed by atoms with Crippen molar-refractivity contribution >= 4 is 55.8 Å². The van der Waals surface area contributed by atoms with E-state index in [1.165, 1.54) is 4.52 Å². The quantitative estimate of drug-likeness (QED) is 0.387. The Balaban J connectivity index is 2.61. The van der Waals surface area contributed by atoms with Gasteiger partial charge >= 0.3 is 5.51 Å². The van der Waals surface area contributed by atoms with Gasteiger partial charge in [0.1, 0.15) is 8.30 Å². The second kappa shape index (κ2) is 4.37. The minimum absolute atomic E-state index is 0.134. The van der Waals surface area contributed by atoms with Gasteiger partial charge in [0, 0.05) is 0 Å². The maximum Gasteiger partial charge on any atom is 0.446 e. The van der Waals surface area contributed by atoms with Crippen molar-refractivity contribution in [1.82, 2.24) is 9.61 Å². The van der Waals surface area contributed by atoms with Gasteiger partial charge < -0.3 is 0 Å². The zero-order chi connectivity index (χ0) is 11.9. The van der Waals surface area contributed by atoms with Crippen LogP contribution in [0.25, 0.3) is 5.52 Å². The van der Waals surface area contributed by atoms with E-state index >= 15 is 0 Å². The molecule has 86 valence electrons. The third-order valence-electron chi connectivity index (χ3n) is 1.74. The smallest absolute Gasteiger partial charge is 0.224 e. The molecule has 0 saturated carbocycles. The molecule has 0 unspecified atom stereocenters. The fourth-order valence-electron chi connectivity index (χ4n) is 1.20. The fourth-order valence-corrected chi connectivity index (χ4v) is 3.06. The molecule has 0 aliphatic rings. The van der Waals surface area contributed by atoms with Crippen molar-refractivity contribution in [2.24, 2.45) is 0 Å². The summed E-state index contributed by atoms with van der Waals surface area (Å²) in [4.78, 5) is 0.134. The van der Waals surface area contributed by atoms with Crippen LogP contribution in [0.4, 0.5) is 13.2 Å². The van der Waals surface area contributed by atoms with Gasteiger partial charge in [-0.2, -0.15) is 18.3 Å². The first-order chi connectivity index (χ1) is 7.38. The second-order valence-corrected chi connectivity index (χ2v) is 5.72. The summed E-state index contributed by atoms with van der Waals surface area (Å²) in [5.74, 6) is 0. The lowest BCUT2D eigenvalue weighted by atomic mass is 10.4. The third-order valence-corrected chi connectivity index (χ3v) is 4.30. The predicted octanol–water partition coefficient (Wildman–Crippen LogP) is 4.31. The number of aromatic nitrogens is 2. The number of pyridine rings is 1. The zero-order valence-corrected chi connectivity index (χ0v) is 12.0. The molecular formula is C8H3BrF3IN2S. The van der Waals surface area contributed by atoms with Crippen molar-refractivity contribution in [2.75, 3.05) is 0 Å². The molecule has 0 saturated heterocycles. The predicted molar refractivity (Wildman–Crippen MR) is 67.5 cm³/mol. The van der Waals surface area contributed by atoms with E-state index in [1.54, 1.807) is 40.8 Å². The molecule has 0 N–H and O–H groups in total. The summed E-state index contributed by atoms with van der Waals surface area (Å²) in [5, 5.41) is 4.03. The van der Waals surface area contributed by atoms with Crippen LogP contribution < -0.4 is 0 Å². The molecule has 0 spiro atoms. The molecule has 2 heterocycles. The Bertz CT molecular complexity index is 540. The lowest BCUT2D eigenvalue weighted by Crippen LogP contribution is -1.99. The largest absolute Gasteiger partial charge is 0.446 e. The fraction of sp³-hybridized carbons (Fsp3) is 0.125. The highest BCUT2D eigenvalue weighted by atomic mass is 127. The molecule has 0 aromatic carbocycles. The highest BCUT2D eigenvalue weighted by Gasteiger charge is 2.32. The van der Waals surface area contributed by atoms with Crippen LogP contribution in [0, 0.1) is 3.70 Å². The van der Waals surface area contributed by atoms with Crippen LogP contribution in [0.5, 0.6) is 0 Å². The lowest BCUT2D eigenvalue weighted by Gasteiger charge is -2.04. The van der Waals surface area contributed by atoms with Gasteiger partial charge in [0.25, 0.3) is 0 Å². The van der Waals surface area contributed by atoms with Crippen LogP contribution in [0.15, 0.2) is 27.7 Å². The van der Waals surface area contributed by atoms with Crippen LogP contribution in [0.3, 0.4) is 0 Å². The molecule has 0 aliphatic carbocycles. The van der Waals surface area contributed by atoms with E-state index < -0.39 is 5.51 Å². The average Bonchev–Trinajstić information content (AvgIpc) is 2.44. The van der Waals surface area contributed by atoms with E-state index in [0.717, 1.165) is 0 Å². The van der Waals surface area contributed by atoms with Crippen LogP contribution in [0.1, 0.15) is 0 Å². The summed E-state index contributed by atoms with van der Waals surface area (Å²) in [6.07, 6.45) is 0. The number of rotatable bonds is 1. The summed E-state index contributed by atoms with van der Waals surface area (Å²) in [5.41, 5.74) is -3.85. The van der Waals surface area contributed by atoms with Gasteiger partial charge in [-0.15, -0.1) is 0 Å². The number of thioether (sulfide) groups is 1. The van der Waals surface area contributed by atoms with Crippen molar-refractivity contribution in [1.29, 1.82) is 0 Å². The summed E-state index contributed by atoms with van der Waals surface area (Å²) in [7, 11) is 0. The molecule has 0 atom stereocenters. The zero-order valence-electron chi connectivity index (χ0n) is 7.42. The Kier molecular flexibility index (Phi) is 3.41. The maximum atomic E-state index is 12.3. The summed E-state index contributed by atoms with van der Waals surface area (Å²) in [6, 6.07) is 5.00. The lowest BCUT2D eigenvalue weighted by molar-refractivity contribution is -0.0327. The van der Waals surface area contributed by atoms with Crippen molar-refractivity contribution in [3.63, 3.8) is 0 Å². The highest BCUT2D eigenvalue weighted by Crippen LogP contribution is 2.41. The Hall–Kier alpha value is 0.0400. The number of fused-ring (bicyclic) bond motifs is 1. The van der Waals surface area contributed by atoms with Gasteiger partial charge in [-0.05, 0) is 62.4 Å². The number of hydrogen-bond donors (Lipinski definition) is 0. The van der Waals surface area contributed by atoms with Gasteiger partial charge in [0.05, 0.1) is 10.4 Å². The summed E-state index contributed by atoms with van der Waals surface area (Å²) < 4.78 is 39.4. The standard InChI is InChI=1S/C8H3BrF3IN2S/c9-5-3-1-2-4-6(16-8(10,11)12)7(13)14-15(4)5/h1-3H. The Morgan fingerprint density at radius 2 is 2.06 bits per heavy atom. The molecule has 0 amide bonds. The maximum absolute atomic E-state index is 12.3. The van der Waals surface area contributed by atoms with E-state index in [-0.39, 0.29) is 16.7 Å². The monoisotopic (exact) mass is 422 g/mol. The molecule has 8 heteroatoms. The number of hydrogen-bond acceptors (Lipinski definition) is 2. The van der Waals surface area contributed by atoms with Crippen molar-refractivity contribution in [3.05, 3.63) is 26.5 Å². The minimum Gasteiger partial charge on any atom is -0.224 e. The van der Waals surface area contributed by atoms with Crippen LogP contribution in [0.2, 0.25) is 0 Å². The first kappa shape index (κ1) is 12.5. The average molecular weight is 423 g/mol. The van der Waals surface area contributed by atoms with Gasteiger partial charge in [0.15, 0.2) is 0 Å². The van der Waals surface area contributed by atoms with E-state index in [4.69, 9.17) is 0 Å². The molecule has 2 nitrogen and oxygen atoms in total.